The summed E-state index contributed by atoms with van der Waals surface area (Å²) < 4.78 is 1.78. The fourth-order valence-corrected chi connectivity index (χ4v) is 3.29. The maximum atomic E-state index is 12.4. The average molecular weight is 350 g/mol. The molecule has 0 aliphatic carbocycles. The number of nitrogens with zero attached hydrogens (tertiary/aromatic N) is 6. The van der Waals surface area contributed by atoms with Gasteiger partial charge in [0, 0.05) is 31.6 Å². The Kier molecular flexibility index (Phi) is 4.13. The van der Waals surface area contributed by atoms with Crippen LogP contribution in [0.1, 0.15) is 40.5 Å². The van der Waals surface area contributed by atoms with Gasteiger partial charge >= 0.3 is 0 Å². The lowest BCUT2D eigenvalue weighted by Gasteiger charge is -2.38. The zero-order chi connectivity index (χ0) is 18.1. The summed E-state index contributed by atoms with van der Waals surface area (Å²) in [6.07, 6.45) is 3.38. The molecule has 8 heteroatoms. The second-order valence-corrected chi connectivity index (χ2v) is 6.66. The number of rotatable bonds is 4. The summed E-state index contributed by atoms with van der Waals surface area (Å²) in [5, 5.41) is 17.1. The van der Waals surface area contributed by atoms with Gasteiger partial charge in [0.15, 0.2) is 0 Å². The molecule has 2 saturated heterocycles. The molecular weight excluding hydrogens is 332 g/mol. The van der Waals surface area contributed by atoms with Crippen molar-refractivity contribution in [1.82, 2.24) is 24.8 Å². The van der Waals surface area contributed by atoms with E-state index in [2.05, 4.69) is 10.3 Å². The lowest BCUT2D eigenvalue weighted by molar-refractivity contribution is -0.128. The minimum absolute atomic E-state index is 0.0475. The molecule has 3 heterocycles. The first-order chi connectivity index (χ1) is 12.6. The van der Waals surface area contributed by atoms with Gasteiger partial charge in [0.1, 0.15) is 5.69 Å². The van der Waals surface area contributed by atoms with Crippen LogP contribution in [0.4, 0.5) is 0 Å². The molecule has 2 aliphatic heterocycles. The topological polar surface area (TPSA) is 95.1 Å². The van der Waals surface area contributed by atoms with E-state index in [-0.39, 0.29) is 17.9 Å². The molecule has 0 spiro atoms. The number of nitriles is 1. The summed E-state index contributed by atoms with van der Waals surface area (Å²) in [5.41, 5.74) is 1.89. The molecule has 1 aromatic heterocycles. The average Bonchev–Trinajstić information content (AvgIpc) is 3.24. The molecule has 2 aromatic rings. The van der Waals surface area contributed by atoms with Crippen molar-refractivity contribution in [3.05, 3.63) is 47.3 Å². The second-order valence-electron chi connectivity index (χ2n) is 6.66. The first kappa shape index (κ1) is 16.3. The number of carbonyl (C=O) groups is 2. The monoisotopic (exact) mass is 350 g/mol. The van der Waals surface area contributed by atoms with Crippen molar-refractivity contribution < 1.29 is 9.59 Å². The van der Waals surface area contributed by atoms with E-state index in [1.54, 1.807) is 38.7 Å². The fraction of sp³-hybridized carbons (Fsp3) is 0.389. The molecule has 0 bridgehead atoms. The van der Waals surface area contributed by atoms with Crippen LogP contribution >= 0.6 is 0 Å². The zero-order valence-electron chi connectivity index (χ0n) is 14.2. The highest BCUT2D eigenvalue weighted by molar-refractivity contribution is 5.94. The molecule has 2 fully saturated rings. The summed E-state index contributed by atoms with van der Waals surface area (Å²) in [6.45, 7) is 2.43. The molecule has 2 amide bonds. The summed E-state index contributed by atoms with van der Waals surface area (Å²) in [7, 11) is 0. The molecule has 0 unspecified atom stereocenters. The number of carbonyl (C=O) groups excluding carboxylic acids is 2. The van der Waals surface area contributed by atoms with Gasteiger partial charge in [0.2, 0.25) is 5.91 Å². The van der Waals surface area contributed by atoms with Crippen molar-refractivity contribution in [3.8, 4) is 6.07 Å². The third kappa shape index (κ3) is 3.04. The molecule has 0 radical (unpaired) electrons. The number of likely N-dealkylation sites (tertiary alicyclic amines) is 2. The van der Waals surface area contributed by atoms with E-state index >= 15 is 0 Å². The summed E-state index contributed by atoms with van der Waals surface area (Å²) >= 11 is 0. The van der Waals surface area contributed by atoms with Gasteiger partial charge < -0.3 is 9.80 Å². The minimum atomic E-state index is -0.0475. The fourth-order valence-electron chi connectivity index (χ4n) is 3.29. The van der Waals surface area contributed by atoms with E-state index in [4.69, 9.17) is 5.26 Å². The van der Waals surface area contributed by atoms with Gasteiger partial charge in [0.25, 0.3) is 5.91 Å². The number of amides is 2. The Morgan fingerprint density at radius 2 is 2.04 bits per heavy atom. The van der Waals surface area contributed by atoms with Crippen molar-refractivity contribution in [2.24, 2.45) is 0 Å². The Morgan fingerprint density at radius 3 is 2.69 bits per heavy atom. The van der Waals surface area contributed by atoms with Crippen molar-refractivity contribution in [3.63, 3.8) is 0 Å². The maximum absolute atomic E-state index is 12.4. The predicted octanol–water partition coefficient (Wildman–Crippen LogP) is 0.969. The minimum Gasteiger partial charge on any atom is -0.337 e. The van der Waals surface area contributed by atoms with Crippen molar-refractivity contribution in [2.75, 3.05) is 19.6 Å². The first-order valence-electron chi connectivity index (χ1n) is 8.62. The third-order valence-corrected chi connectivity index (χ3v) is 4.87. The van der Waals surface area contributed by atoms with E-state index in [1.165, 1.54) is 0 Å². The summed E-state index contributed by atoms with van der Waals surface area (Å²) in [4.78, 5) is 27.7. The lowest BCUT2D eigenvalue weighted by Crippen LogP contribution is -2.50. The molecule has 0 N–H and O–H groups in total. The van der Waals surface area contributed by atoms with Gasteiger partial charge in [-0.15, -0.1) is 5.10 Å². The van der Waals surface area contributed by atoms with Crippen LogP contribution in [0.2, 0.25) is 0 Å². The van der Waals surface area contributed by atoms with E-state index in [0.717, 1.165) is 18.7 Å². The number of aromatic nitrogens is 3. The first-order valence-corrected chi connectivity index (χ1v) is 8.62. The van der Waals surface area contributed by atoms with Gasteiger partial charge in [-0.25, -0.2) is 4.68 Å². The third-order valence-electron chi connectivity index (χ3n) is 4.87. The molecule has 0 saturated carbocycles. The Hall–Kier alpha value is -3.21. The molecule has 4 rings (SSSR count). The number of benzene rings is 1. The predicted molar refractivity (Wildman–Crippen MR) is 90.8 cm³/mol. The van der Waals surface area contributed by atoms with E-state index in [0.29, 0.717) is 37.2 Å². The van der Waals surface area contributed by atoms with Crippen LogP contribution in [0.25, 0.3) is 0 Å². The maximum Gasteiger partial charge on any atom is 0.254 e. The normalized spacial score (nSPS) is 17.3. The van der Waals surface area contributed by atoms with E-state index < -0.39 is 0 Å². The quantitative estimate of drug-likeness (QED) is 0.819. The highest BCUT2D eigenvalue weighted by atomic mass is 16.2. The molecule has 132 valence electrons. The summed E-state index contributed by atoms with van der Waals surface area (Å²) in [5.74, 6) is 0.121. The van der Waals surface area contributed by atoms with Crippen LogP contribution in [-0.4, -0.2) is 56.2 Å². The Bertz CT molecular complexity index is 876. The Morgan fingerprint density at radius 1 is 1.27 bits per heavy atom. The van der Waals surface area contributed by atoms with Gasteiger partial charge in [0.05, 0.1) is 30.4 Å². The summed E-state index contributed by atoms with van der Waals surface area (Å²) in [6, 6.07) is 8.79. The van der Waals surface area contributed by atoms with Crippen LogP contribution in [0.3, 0.4) is 0 Å². The van der Waals surface area contributed by atoms with Crippen LogP contribution in [0.5, 0.6) is 0 Å². The molecular formula is C18H18N6O2. The van der Waals surface area contributed by atoms with Crippen LogP contribution in [-0.2, 0) is 11.3 Å². The van der Waals surface area contributed by atoms with Crippen LogP contribution < -0.4 is 0 Å². The van der Waals surface area contributed by atoms with Gasteiger partial charge in [-0.05, 0) is 30.7 Å². The van der Waals surface area contributed by atoms with Crippen molar-refractivity contribution in [2.45, 2.75) is 25.4 Å². The van der Waals surface area contributed by atoms with Gasteiger partial charge in [-0.2, -0.15) is 5.26 Å². The molecule has 0 atom stereocenters. The van der Waals surface area contributed by atoms with Crippen molar-refractivity contribution >= 4 is 11.8 Å². The lowest BCUT2D eigenvalue weighted by atomic mass is 10.1. The Labute approximate surface area is 150 Å². The zero-order valence-corrected chi connectivity index (χ0v) is 14.2. The van der Waals surface area contributed by atoms with E-state index in [1.807, 2.05) is 12.3 Å². The Balaban J connectivity index is 1.33. The molecule has 1 aromatic carbocycles. The van der Waals surface area contributed by atoms with E-state index in [9.17, 15) is 9.59 Å². The largest absolute Gasteiger partial charge is 0.337 e. The van der Waals surface area contributed by atoms with Gasteiger partial charge in [-0.1, -0.05) is 5.21 Å². The molecule has 26 heavy (non-hydrogen) atoms. The smallest absolute Gasteiger partial charge is 0.254 e. The highest BCUT2D eigenvalue weighted by Crippen LogP contribution is 2.23. The van der Waals surface area contributed by atoms with Crippen LogP contribution in [0, 0.1) is 11.3 Å². The highest BCUT2D eigenvalue weighted by Gasteiger charge is 2.33. The number of hydrogen-bond donors (Lipinski definition) is 0. The van der Waals surface area contributed by atoms with Crippen molar-refractivity contribution in [1.29, 1.82) is 5.26 Å². The van der Waals surface area contributed by atoms with Crippen LogP contribution in [0.15, 0.2) is 30.5 Å². The number of hydrogen-bond acceptors (Lipinski definition) is 5. The SMILES string of the molecule is N#Cc1ccc(C(=O)N2CC(n3cc(CN4CCCC4=O)nn3)C2)cc1. The molecule has 2 aliphatic rings. The molecule has 8 nitrogen and oxygen atoms in total. The standard InChI is InChI=1S/C18H18N6O2/c19-8-13-3-5-14(6-4-13)18(26)23-11-16(12-23)24-10-15(20-21-24)9-22-7-1-2-17(22)25/h3-6,10,16H,1-2,7,9,11-12H2. The second kappa shape index (κ2) is 6.59. The van der Waals surface area contributed by atoms with Gasteiger partial charge in [-0.3, -0.25) is 9.59 Å².